The Morgan fingerprint density at radius 2 is 1.90 bits per heavy atom. The summed E-state index contributed by atoms with van der Waals surface area (Å²) in [7, 11) is 0. The van der Waals surface area contributed by atoms with Gasteiger partial charge in [0, 0.05) is 12.3 Å². The number of esters is 1. The van der Waals surface area contributed by atoms with Gasteiger partial charge in [0.05, 0.1) is 31.2 Å². The molecule has 7 heteroatoms. The van der Waals surface area contributed by atoms with Crippen molar-refractivity contribution in [3.8, 4) is 0 Å². The van der Waals surface area contributed by atoms with E-state index in [1.807, 2.05) is 32.9 Å². The Kier molecular flexibility index (Phi) is 8.86. The number of carboxylic acid groups (broad SMARTS) is 1. The van der Waals surface area contributed by atoms with E-state index >= 15 is 0 Å². The largest absolute Gasteiger partial charge is 0.481 e. The molecule has 0 aromatic heterocycles. The van der Waals surface area contributed by atoms with Gasteiger partial charge in [0.15, 0.2) is 0 Å². The lowest BCUT2D eigenvalue weighted by Crippen LogP contribution is -2.42. The number of aliphatic carboxylic acids is 1. The van der Waals surface area contributed by atoms with Crippen molar-refractivity contribution in [2.24, 2.45) is 23.2 Å². The third-order valence-electron chi connectivity index (χ3n) is 6.12. The van der Waals surface area contributed by atoms with Gasteiger partial charge < -0.3 is 25.2 Å². The maximum Gasteiger partial charge on any atom is 0.306 e. The van der Waals surface area contributed by atoms with Gasteiger partial charge in [-0.15, -0.1) is 0 Å². The highest BCUT2D eigenvalue weighted by Crippen LogP contribution is 2.44. The summed E-state index contributed by atoms with van der Waals surface area (Å²) in [6.45, 7) is 8.01. The van der Waals surface area contributed by atoms with Gasteiger partial charge in [-0.05, 0) is 42.1 Å². The van der Waals surface area contributed by atoms with Crippen molar-refractivity contribution in [3.63, 3.8) is 0 Å². The van der Waals surface area contributed by atoms with Crippen LogP contribution in [0.25, 0.3) is 0 Å². The van der Waals surface area contributed by atoms with Gasteiger partial charge >= 0.3 is 11.9 Å². The summed E-state index contributed by atoms with van der Waals surface area (Å²) >= 11 is 0. The van der Waals surface area contributed by atoms with Gasteiger partial charge in [-0.25, -0.2) is 0 Å². The number of rotatable bonds is 9. The minimum Gasteiger partial charge on any atom is -0.481 e. The van der Waals surface area contributed by atoms with Gasteiger partial charge in [-0.3, -0.25) is 9.59 Å². The van der Waals surface area contributed by atoms with Crippen LogP contribution in [0.4, 0.5) is 0 Å². The van der Waals surface area contributed by atoms with E-state index in [4.69, 9.17) is 9.84 Å². The summed E-state index contributed by atoms with van der Waals surface area (Å²) in [6, 6.07) is 0. The lowest BCUT2D eigenvalue weighted by molar-refractivity contribution is -0.157. The predicted molar refractivity (Wildman–Crippen MR) is 116 cm³/mol. The molecule has 0 radical (unpaired) electrons. The van der Waals surface area contributed by atoms with Crippen molar-refractivity contribution < 1.29 is 34.8 Å². The fourth-order valence-electron chi connectivity index (χ4n) is 4.73. The van der Waals surface area contributed by atoms with Crippen LogP contribution in [0.5, 0.6) is 0 Å². The van der Waals surface area contributed by atoms with E-state index in [0.717, 1.165) is 5.57 Å². The summed E-state index contributed by atoms with van der Waals surface area (Å²) in [5.74, 6) is -1.15. The second-order valence-corrected chi connectivity index (χ2v) is 10.4. The van der Waals surface area contributed by atoms with E-state index in [1.165, 1.54) is 0 Å². The summed E-state index contributed by atoms with van der Waals surface area (Å²) in [5.41, 5.74) is 0.763. The molecule has 0 bridgehead atoms. The number of aliphatic hydroxyl groups excluding tert-OH is 3. The van der Waals surface area contributed by atoms with Crippen molar-refractivity contribution >= 4 is 11.9 Å². The van der Waals surface area contributed by atoms with E-state index in [1.54, 1.807) is 0 Å². The minimum absolute atomic E-state index is 0.0132. The maximum atomic E-state index is 12.5. The van der Waals surface area contributed by atoms with Crippen LogP contribution in [0.15, 0.2) is 23.8 Å². The number of carboxylic acids is 1. The Labute approximate surface area is 184 Å². The highest BCUT2D eigenvalue weighted by molar-refractivity contribution is 5.70. The van der Waals surface area contributed by atoms with E-state index in [-0.39, 0.29) is 35.6 Å². The zero-order chi connectivity index (χ0) is 23.3. The van der Waals surface area contributed by atoms with Crippen molar-refractivity contribution in [3.05, 3.63) is 23.8 Å². The van der Waals surface area contributed by atoms with Crippen LogP contribution in [0.1, 0.15) is 66.2 Å². The highest BCUT2D eigenvalue weighted by Gasteiger charge is 2.42. The minimum atomic E-state index is -1.10. The molecule has 176 valence electrons. The zero-order valence-electron chi connectivity index (χ0n) is 19.0. The van der Waals surface area contributed by atoms with Crippen LogP contribution in [-0.4, -0.2) is 56.8 Å². The first kappa shape index (κ1) is 25.6. The number of allylic oxidation sites excluding steroid dienone is 2. The van der Waals surface area contributed by atoms with Gasteiger partial charge in [0.2, 0.25) is 0 Å². The summed E-state index contributed by atoms with van der Waals surface area (Å²) in [6.07, 6.45) is 4.20. The molecule has 7 unspecified atom stereocenters. The summed E-state index contributed by atoms with van der Waals surface area (Å²) in [5, 5.41) is 39.2. The van der Waals surface area contributed by atoms with Crippen LogP contribution in [0.2, 0.25) is 0 Å². The molecule has 0 aromatic carbocycles. The lowest BCUT2D eigenvalue weighted by Gasteiger charge is -2.43. The van der Waals surface area contributed by atoms with Crippen molar-refractivity contribution in [2.45, 2.75) is 90.6 Å². The van der Waals surface area contributed by atoms with E-state index in [0.29, 0.717) is 25.7 Å². The second kappa shape index (κ2) is 10.7. The number of hydrogen-bond donors (Lipinski definition) is 4. The number of fused-ring (bicyclic) bond motifs is 1. The van der Waals surface area contributed by atoms with Crippen LogP contribution in [0.3, 0.4) is 0 Å². The quantitative estimate of drug-likeness (QED) is 0.408. The molecule has 0 heterocycles. The molecule has 2 aliphatic carbocycles. The first-order chi connectivity index (χ1) is 14.4. The molecular weight excluding hydrogens is 400 g/mol. The average Bonchev–Trinajstić information content (AvgIpc) is 2.58. The van der Waals surface area contributed by atoms with E-state index < -0.39 is 36.8 Å². The maximum absolute atomic E-state index is 12.5. The molecule has 0 saturated carbocycles. The highest BCUT2D eigenvalue weighted by atomic mass is 16.5. The number of hydrogen-bond acceptors (Lipinski definition) is 6. The molecule has 7 atom stereocenters. The molecule has 0 aliphatic heterocycles. The number of carbonyl (C=O) groups excluding carboxylic acids is 1. The van der Waals surface area contributed by atoms with E-state index in [9.17, 15) is 24.9 Å². The molecule has 0 saturated heterocycles. The van der Waals surface area contributed by atoms with Gasteiger partial charge in [-0.1, -0.05) is 45.9 Å². The normalized spacial score (nSPS) is 30.2. The topological polar surface area (TPSA) is 124 Å². The van der Waals surface area contributed by atoms with Crippen LogP contribution >= 0.6 is 0 Å². The molecule has 0 amide bonds. The fourth-order valence-corrected chi connectivity index (χ4v) is 4.73. The second-order valence-electron chi connectivity index (χ2n) is 10.4. The SMILES string of the molecule is CC1C=CC2=CC(O)CC(OC(=O)CC(C)(C)C)C2C1CCC(O)CC(O)CC(=O)O. The van der Waals surface area contributed by atoms with Crippen LogP contribution in [0, 0.1) is 23.2 Å². The third-order valence-corrected chi connectivity index (χ3v) is 6.12. The zero-order valence-corrected chi connectivity index (χ0v) is 19.0. The molecule has 4 N–H and O–H groups in total. The van der Waals surface area contributed by atoms with Gasteiger partial charge in [0.25, 0.3) is 0 Å². The molecule has 31 heavy (non-hydrogen) atoms. The van der Waals surface area contributed by atoms with E-state index in [2.05, 4.69) is 13.0 Å². The van der Waals surface area contributed by atoms with Crippen LogP contribution < -0.4 is 0 Å². The molecule has 0 fully saturated rings. The Balaban J connectivity index is 2.09. The Morgan fingerprint density at radius 3 is 2.52 bits per heavy atom. The van der Waals surface area contributed by atoms with Gasteiger partial charge in [-0.2, -0.15) is 0 Å². The first-order valence-corrected chi connectivity index (χ1v) is 11.2. The number of ether oxygens (including phenoxy) is 1. The Hall–Kier alpha value is -1.70. The fraction of sp³-hybridized carbons (Fsp3) is 0.750. The summed E-state index contributed by atoms with van der Waals surface area (Å²) in [4.78, 5) is 23.2. The molecule has 2 rings (SSSR count). The molecule has 0 aromatic rings. The predicted octanol–water partition coefficient (Wildman–Crippen LogP) is 2.83. The smallest absolute Gasteiger partial charge is 0.306 e. The molecule has 0 spiro atoms. The Morgan fingerprint density at radius 1 is 1.23 bits per heavy atom. The third kappa shape index (κ3) is 8.05. The number of carbonyl (C=O) groups is 2. The lowest BCUT2D eigenvalue weighted by atomic mass is 9.66. The Bertz CT molecular complexity index is 691. The van der Waals surface area contributed by atoms with Gasteiger partial charge in [0.1, 0.15) is 6.10 Å². The first-order valence-electron chi connectivity index (χ1n) is 11.2. The average molecular weight is 439 g/mol. The standard InChI is InChI=1S/C24H38O7/c1-14-5-6-15-9-17(26)11-20(31-22(30)13-24(2,3)4)23(15)19(14)8-7-16(25)10-18(27)12-21(28)29/h5-6,9,14,16-20,23,25-27H,7-8,10-13H2,1-4H3,(H,28,29). The van der Waals surface area contributed by atoms with Crippen molar-refractivity contribution in [1.29, 1.82) is 0 Å². The molecule has 2 aliphatic rings. The molecule has 7 nitrogen and oxygen atoms in total. The van der Waals surface area contributed by atoms with Crippen LogP contribution in [-0.2, 0) is 14.3 Å². The van der Waals surface area contributed by atoms with Crippen molar-refractivity contribution in [1.82, 2.24) is 0 Å². The monoisotopic (exact) mass is 438 g/mol. The molecular formula is C24H38O7. The number of aliphatic hydroxyl groups is 3. The van der Waals surface area contributed by atoms with Crippen molar-refractivity contribution in [2.75, 3.05) is 0 Å². The summed E-state index contributed by atoms with van der Waals surface area (Å²) < 4.78 is 5.86.